The molecule has 0 spiro atoms. The van der Waals surface area contributed by atoms with Crippen LogP contribution in [0.1, 0.15) is 24.5 Å². The molecule has 8 heteroatoms. The summed E-state index contributed by atoms with van der Waals surface area (Å²) < 4.78 is 0. The Morgan fingerprint density at radius 3 is 2.59 bits per heavy atom. The van der Waals surface area contributed by atoms with Gasteiger partial charge in [0.15, 0.2) is 0 Å². The summed E-state index contributed by atoms with van der Waals surface area (Å²) in [6, 6.07) is 11.8. The van der Waals surface area contributed by atoms with E-state index in [0.717, 1.165) is 5.56 Å². The number of nitro benzene ring substituents is 1. The summed E-state index contributed by atoms with van der Waals surface area (Å²) in [4.78, 5) is 37.0. The van der Waals surface area contributed by atoms with Gasteiger partial charge in [0, 0.05) is 29.6 Å². The Bertz CT molecular complexity index is 990. The molecular weight excluding hydrogens is 396 g/mol. The van der Waals surface area contributed by atoms with Gasteiger partial charge in [-0.25, -0.2) is 4.79 Å². The van der Waals surface area contributed by atoms with Crippen LogP contribution in [0.5, 0.6) is 0 Å². The van der Waals surface area contributed by atoms with Crippen molar-refractivity contribution >= 4 is 34.7 Å². The molecule has 0 aromatic heterocycles. The fraction of sp³-hybridized carbons (Fsp3) is 0.238. The summed E-state index contributed by atoms with van der Waals surface area (Å²) in [5, 5.41) is 21.4. The maximum atomic E-state index is 12.9. The molecule has 0 bridgehead atoms. The number of amides is 1. The molecule has 1 N–H and O–H groups in total. The van der Waals surface area contributed by atoms with Crippen LogP contribution in [0.25, 0.3) is 5.57 Å². The van der Waals surface area contributed by atoms with Crippen LogP contribution in [-0.4, -0.2) is 38.9 Å². The van der Waals surface area contributed by atoms with Gasteiger partial charge in [0.25, 0.3) is 5.69 Å². The van der Waals surface area contributed by atoms with Gasteiger partial charge >= 0.3 is 5.97 Å². The predicted octanol–water partition coefficient (Wildman–Crippen LogP) is 3.95. The lowest BCUT2D eigenvalue weighted by molar-refractivity contribution is -0.385. The van der Waals surface area contributed by atoms with E-state index in [1.54, 1.807) is 6.92 Å². The lowest BCUT2D eigenvalue weighted by Gasteiger charge is -2.37. The highest BCUT2D eigenvalue weighted by Gasteiger charge is 2.36. The second kappa shape index (κ2) is 8.45. The first-order valence-corrected chi connectivity index (χ1v) is 9.39. The Kier molecular flexibility index (Phi) is 5.98. The molecule has 0 saturated carbocycles. The number of carboxylic acid groups (broad SMARTS) is 1. The fourth-order valence-electron chi connectivity index (χ4n) is 3.63. The molecule has 0 saturated heterocycles. The van der Waals surface area contributed by atoms with Crippen LogP contribution >= 0.6 is 11.6 Å². The molecule has 3 rings (SSSR count). The number of nitro groups is 1. The minimum absolute atomic E-state index is 0.145. The third-order valence-electron chi connectivity index (χ3n) is 4.94. The van der Waals surface area contributed by atoms with Crippen LogP contribution in [0.3, 0.4) is 0 Å². The smallest absolute Gasteiger partial charge is 0.326 e. The number of hydrogen-bond acceptors (Lipinski definition) is 4. The summed E-state index contributed by atoms with van der Waals surface area (Å²) in [5.74, 6) is -1.59. The van der Waals surface area contributed by atoms with Gasteiger partial charge < -0.3 is 10.0 Å². The van der Waals surface area contributed by atoms with E-state index >= 15 is 0 Å². The van der Waals surface area contributed by atoms with E-state index in [0.29, 0.717) is 10.6 Å². The third-order valence-corrected chi connectivity index (χ3v) is 5.17. The second-order valence-electron chi connectivity index (χ2n) is 6.93. The largest absolute Gasteiger partial charge is 0.480 e. The van der Waals surface area contributed by atoms with Crippen molar-refractivity contribution in [2.24, 2.45) is 0 Å². The molecule has 0 radical (unpaired) electrons. The quantitative estimate of drug-likeness (QED) is 0.569. The van der Waals surface area contributed by atoms with E-state index in [2.05, 4.69) is 0 Å². The molecule has 2 atom stereocenters. The maximum absolute atomic E-state index is 12.9. The van der Waals surface area contributed by atoms with Crippen LogP contribution in [-0.2, 0) is 16.0 Å². The normalized spacial score (nSPS) is 17.6. The maximum Gasteiger partial charge on any atom is 0.326 e. The monoisotopic (exact) mass is 414 g/mol. The molecule has 150 valence electrons. The first-order valence-electron chi connectivity index (χ1n) is 9.02. The topological polar surface area (TPSA) is 101 Å². The average molecular weight is 415 g/mol. The summed E-state index contributed by atoms with van der Waals surface area (Å²) in [7, 11) is 0. The molecule has 1 aliphatic rings. The molecule has 1 amide bonds. The summed E-state index contributed by atoms with van der Waals surface area (Å²) >= 11 is 6.00. The average Bonchev–Trinajstić information content (AvgIpc) is 2.67. The number of carboxylic acids is 1. The number of carbonyl (C=O) groups is 2. The number of hydrogen-bond donors (Lipinski definition) is 1. The van der Waals surface area contributed by atoms with E-state index in [4.69, 9.17) is 11.6 Å². The second-order valence-corrected chi connectivity index (χ2v) is 7.37. The highest BCUT2D eigenvalue weighted by Crippen LogP contribution is 2.35. The lowest BCUT2D eigenvalue weighted by Crippen LogP contribution is -2.52. The highest BCUT2D eigenvalue weighted by molar-refractivity contribution is 6.30. The third kappa shape index (κ3) is 4.46. The number of benzene rings is 2. The summed E-state index contributed by atoms with van der Waals surface area (Å²) in [5.41, 5.74) is 1.41. The van der Waals surface area contributed by atoms with Gasteiger partial charge in [-0.05, 0) is 36.6 Å². The van der Waals surface area contributed by atoms with Gasteiger partial charge in [-0.15, -0.1) is 0 Å². The van der Waals surface area contributed by atoms with Crippen molar-refractivity contribution in [2.45, 2.75) is 31.8 Å². The van der Waals surface area contributed by atoms with Crippen molar-refractivity contribution in [1.82, 2.24) is 4.90 Å². The molecule has 0 fully saturated rings. The first-order chi connectivity index (χ1) is 13.8. The van der Waals surface area contributed by atoms with Gasteiger partial charge in [0.1, 0.15) is 6.04 Å². The van der Waals surface area contributed by atoms with Crippen LogP contribution in [0.4, 0.5) is 5.69 Å². The molecule has 2 aromatic carbocycles. The molecule has 29 heavy (non-hydrogen) atoms. The lowest BCUT2D eigenvalue weighted by atomic mass is 9.91. The van der Waals surface area contributed by atoms with Crippen molar-refractivity contribution in [2.75, 3.05) is 0 Å². The van der Waals surface area contributed by atoms with Gasteiger partial charge in [0.2, 0.25) is 5.91 Å². The summed E-state index contributed by atoms with van der Waals surface area (Å²) in [6.45, 7) is 1.74. The Labute approximate surface area is 172 Å². The molecular formula is C21H19ClN2O5. The van der Waals surface area contributed by atoms with E-state index in [1.165, 1.54) is 29.2 Å². The van der Waals surface area contributed by atoms with Gasteiger partial charge in [-0.3, -0.25) is 14.9 Å². The zero-order valence-electron chi connectivity index (χ0n) is 15.6. The standard InChI is InChI=1S/C21H19ClN2O5/c1-13-9-15(17-12-16(22)7-8-18(17)24(28)29)11-20(25)23(13)19(21(26)27)10-14-5-3-2-4-6-14/h2-8,11-13,19H,9-10H2,1H3,(H,26,27). The molecule has 2 aromatic rings. The molecule has 1 aliphatic heterocycles. The first kappa shape index (κ1) is 20.5. The zero-order chi connectivity index (χ0) is 21.1. The van der Waals surface area contributed by atoms with Crippen molar-refractivity contribution in [3.05, 3.63) is 80.9 Å². The van der Waals surface area contributed by atoms with Gasteiger partial charge in [-0.2, -0.15) is 0 Å². The van der Waals surface area contributed by atoms with Crippen LogP contribution < -0.4 is 0 Å². The number of nitrogens with zero attached hydrogens (tertiary/aromatic N) is 2. The van der Waals surface area contributed by atoms with Crippen molar-refractivity contribution in [3.63, 3.8) is 0 Å². The van der Waals surface area contributed by atoms with Crippen molar-refractivity contribution < 1.29 is 19.6 Å². The van der Waals surface area contributed by atoms with E-state index in [-0.39, 0.29) is 24.1 Å². The van der Waals surface area contributed by atoms with Crippen LogP contribution in [0.2, 0.25) is 5.02 Å². The van der Waals surface area contributed by atoms with Crippen LogP contribution in [0.15, 0.2) is 54.6 Å². The molecule has 1 heterocycles. The van der Waals surface area contributed by atoms with Crippen LogP contribution in [0, 0.1) is 10.1 Å². The molecule has 2 unspecified atom stereocenters. The number of rotatable bonds is 6. The minimum Gasteiger partial charge on any atom is -0.480 e. The van der Waals surface area contributed by atoms with Crippen molar-refractivity contribution in [1.29, 1.82) is 0 Å². The van der Waals surface area contributed by atoms with E-state index < -0.39 is 28.9 Å². The Morgan fingerprint density at radius 2 is 2.00 bits per heavy atom. The van der Waals surface area contributed by atoms with Gasteiger partial charge in [0.05, 0.1) is 10.5 Å². The SMILES string of the molecule is CC1CC(c2cc(Cl)ccc2[N+](=O)[O-])=CC(=O)N1C(Cc1ccccc1)C(=O)O. The number of carbonyl (C=O) groups excluding carboxylic acids is 1. The summed E-state index contributed by atoms with van der Waals surface area (Å²) in [6.07, 6.45) is 1.73. The Morgan fingerprint density at radius 1 is 1.31 bits per heavy atom. The highest BCUT2D eigenvalue weighted by atomic mass is 35.5. The van der Waals surface area contributed by atoms with Crippen molar-refractivity contribution in [3.8, 4) is 0 Å². The number of halogens is 1. The Balaban J connectivity index is 1.95. The molecule has 7 nitrogen and oxygen atoms in total. The van der Waals surface area contributed by atoms with Gasteiger partial charge in [-0.1, -0.05) is 41.9 Å². The predicted molar refractivity (Wildman–Crippen MR) is 109 cm³/mol. The zero-order valence-corrected chi connectivity index (χ0v) is 16.4. The minimum atomic E-state index is -1.10. The molecule has 0 aliphatic carbocycles. The van der Waals surface area contributed by atoms with E-state index in [1.807, 2.05) is 30.3 Å². The number of aliphatic carboxylic acids is 1. The fourth-order valence-corrected chi connectivity index (χ4v) is 3.80. The van der Waals surface area contributed by atoms with E-state index in [9.17, 15) is 24.8 Å². The Hall–Kier alpha value is -3.19.